The fourth-order valence-corrected chi connectivity index (χ4v) is 3.10. The lowest BCUT2D eigenvalue weighted by Gasteiger charge is -2.18. The minimum absolute atomic E-state index is 0.0912. The van der Waals surface area contributed by atoms with E-state index in [9.17, 15) is 9.59 Å². The summed E-state index contributed by atoms with van der Waals surface area (Å²) < 4.78 is 0. The van der Waals surface area contributed by atoms with Gasteiger partial charge in [0.15, 0.2) is 0 Å². The van der Waals surface area contributed by atoms with E-state index in [1.54, 1.807) is 30.6 Å². The van der Waals surface area contributed by atoms with Crippen LogP contribution in [0.1, 0.15) is 28.3 Å². The lowest BCUT2D eigenvalue weighted by molar-refractivity contribution is -0.130. The van der Waals surface area contributed by atoms with Gasteiger partial charge in [-0.15, -0.1) is 11.3 Å². The Hall–Kier alpha value is -2.61. The van der Waals surface area contributed by atoms with E-state index in [0.717, 1.165) is 17.0 Å². The molecule has 0 aromatic carbocycles. The normalized spacial score (nSPS) is 14.5. The van der Waals surface area contributed by atoms with E-state index >= 15 is 0 Å². The van der Waals surface area contributed by atoms with Crippen LogP contribution in [0.3, 0.4) is 0 Å². The van der Waals surface area contributed by atoms with Crippen molar-refractivity contribution < 1.29 is 9.59 Å². The van der Waals surface area contributed by atoms with Crippen LogP contribution in [0.15, 0.2) is 29.6 Å². The number of anilines is 1. The molecule has 124 valence electrons. The minimum Gasteiger partial charge on any atom is -0.305 e. The summed E-state index contributed by atoms with van der Waals surface area (Å²) in [6, 6.07) is 3.67. The molecule has 2 amide bonds. The smallest absolute Gasteiger partial charge is 0.273 e. The molecule has 1 aliphatic heterocycles. The maximum Gasteiger partial charge on any atom is 0.273 e. The summed E-state index contributed by atoms with van der Waals surface area (Å²) in [4.78, 5) is 33.3. The number of hydrazone groups is 1. The van der Waals surface area contributed by atoms with E-state index in [4.69, 9.17) is 0 Å². The number of hydrogen-bond acceptors (Lipinski definition) is 6. The van der Waals surface area contributed by atoms with Crippen molar-refractivity contribution in [1.29, 1.82) is 0 Å². The number of aromatic nitrogens is 2. The maximum absolute atomic E-state index is 12.2. The molecule has 1 aliphatic rings. The van der Waals surface area contributed by atoms with Crippen LogP contribution in [0, 0.1) is 6.92 Å². The van der Waals surface area contributed by atoms with Gasteiger partial charge in [-0.1, -0.05) is 6.07 Å². The highest BCUT2D eigenvalue weighted by molar-refractivity contribution is 7.11. The topological polar surface area (TPSA) is 87.5 Å². The predicted molar refractivity (Wildman–Crippen MR) is 92.0 cm³/mol. The number of rotatable bonds is 4. The lowest BCUT2D eigenvalue weighted by Crippen LogP contribution is -2.34. The number of amides is 2. The first-order valence-corrected chi connectivity index (χ1v) is 8.34. The number of pyridine rings is 1. The third kappa shape index (κ3) is 3.83. The Morgan fingerprint density at radius 1 is 1.29 bits per heavy atom. The van der Waals surface area contributed by atoms with Gasteiger partial charge in [-0.2, -0.15) is 5.10 Å². The van der Waals surface area contributed by atoms with E-state index < -0.39 is 0 Å². The van der Waals surface area contributed by atoms with Gasteiger partial charge in [-0.25, -0.2) is 15.0 Å². The van der Waals surface area contributed by atoms with Crippen LogP contribution < -0.4 is 5.32 Å². The van der Waals surface area contributed by atoms with Crippen molar-refractivity contribution in [2.75, 3.05) is 12.4 Å². The monoisotopic (exact) mass is 343 g/mol. The molecular weight excluding hydrogens is 326 g/mol. The van der Waals surface area contributed by atoms with Gasteiger partial charge in [0.1, 0.15) is 11.5 Å². The molecule has 0 fully saturated rings. The molecule has 0 unspecified atom stereocenters. The Bertz CT molecular complexity index is 797. The molecule has 24 heavy (non-hydrogen) atoms. The van der Waals surface area contributed by atoms with Crippen molar-refractivity contribution in [2.24, 2.45) is 5.10 Å². The highest BCUT2D eigenvalue weighted by atomic mass is 32.1. The Kier molecular flexibility index (Phi) is 4.66. The van der Waals surface area contributed by atoms with E-state index in [1.807, 2.05) is 19.2 Å². The summed E-state index contributed by atoms with van der Waals surface area (Å²) in [5.41, 5.74) is 1.36. The molecule has 1 N–H and O–H groups in total. The SMILES string of the molecule is Cc1cnc(Cc2ccc(NC(=O)C3=NN(C)C(=O)CC3)nc2)s1. The zero-order chi connectivity index (χ0) is 17.1. The quantitative estimate of drug-likeness (QED) is 0.919. The first-order chi connectivity index (χ1) is 11.5. The second-order valence-corrected chi connectivity index (χ2v) is 6.83. The van der Waals surface area contributed by atoms with Crippen LogP contribution >= 0.6 is 11.3 Å². The first-order valence-electron chi connectivity index (χ1n) is 7.53. The van der Waals surface area contributed by atoms with Crippen LogP contribution in [0.2, 0.25) is 0 Å². The molecule has 0 saturated carbocycles. The van der Waals surface area contributed by atoms with Gasteiger partial charge < -0.3 is 5.32 Å². The summed E-state index contributed by atoms with van der Waals surface area (Å²) >= 11 is 1.66. The number of thiazole rings is 1. The number of nitrogens with zero attached hydrogens (tertiary/aromatic N) is 4. The molecular formula is C16H17N5O2S. The maximum atomic E-state index is 12.2. The van der Waals surface area contributed by atoms with Gasteiger partial charge >= 0.3 is 0 Å². The standard InChI is InChI=1S/C16H17N5O2S/c1-10-8-18-14(24-10)7-11-3-5-13(17-9-11)19-16(23)12-4-6-15(22)21(2)20-12/h3,5,8-9H,4,6-7H2,1-2H3,(H,17,19,23). The number of carbonyl (C=O) groups excluding carboxylic acids is 2. The third-order valence-corrected chi connectivity index (χ3v) is 4.47. The van der Waals surface area contributed by atoms with E-state index in [2.05, 4.69) is 20.4 Å². The van der Waals surface area contributed by atoms with Gasteiger partial charge in [0, 0.05) is 43.6 Å². The number of carbonyl (C=O) groups is 2. The fraction of sp³-hybridized carbons (Fsp3) is 0.312. The summed E-state index contributed by atoms with van der Waals surface area (Å²) in [7, 11) is 1.54. The van der Waals surface area contributed by atoms with Crippen molar-refractivity contribution in [3.05, 3.63) is 40.0 Å². The Balaban J connectivity index is 1.62. The van der Waals surface area contributed by atoms with E-state index in [0.29, 0.717) is 24.4 Å². The molecule has 0 spiro atoms. The van der Waals surface area contributed by atoms with Crippen LogP contribution in [-0.4, -0.2) is 39.6 Å². The third-order valence-electron chi connectivity index (χ3n) is 3.56. The zero-order valence-corrected chi connectivity index (χ0v) is 14.3. The zero-order valence-electron chi connectivity index (χ0n) is 13.4. The van der Waals surface area contributed by atoms with Gasteiger partial charge in [-0.05, 0) is 18.6 Å². The summed E-state index contributed by atoms with van der Waals surface area (Å²) in [6.45, 7) is 2.02. The second-order valence-electron chi connectivity index (χ2n) is 5.51. The Morgan fingerprint density at radius 3 is 2.75 bits per heavy atom. The average molecular weight is 343 g/mol. The highest BCUT2D eigenvalue weighted by Crippen LogP contribution is 2.16. The minimum atomic E-state index is -0.329. The molecule has 8 heteroatoms. The van der Waals surface area contributed by atoms with Crippen LogP contribution in [-0.2, 0) is 16.0 Å². The number of nitrogens with one attached hydrogen (secondary N) is 1. The Morgan fingerprint density at radius 2 is 2.12 bits per heavy atom. The molecule has 3 rings (SSSR count). The van der Waals surface area contributed by atoms with Crippen LogP contribution in [0.5, 0.6) is 0 Å². The van der Waals surface area contributed by atoms with Crippen molar-refractivity contribution in [3.8, 4) is 0 Å². The summed E-state index contributed by atoms with van der Waals surface area (Å²) in [6.07, 6.45) is 4.94. The second kappa shape index (κ2) is 6.88. The van der Waals surface area contributed by atoms with Crippen molar-refractivity contribution >= 4 is 34.7 Å². The highest BCUT2D eigenvalue weighted by Gasteiger charge is 2.22. The van der Waals surface area contributed by atoms with Crippen LogP contribution in [0.25, 0.3) is 0 Å². The van der Waals surface area contributed by atoms with Crippen molar-refractivity contribution in [3.63, 3.8) is 0 Å². The summed E-state index contributed by atoms with van der Waals surface area (Å²) in [5, 5.41) is 8.94. The number of aryl methyl sites for hydroxylation is 1. The van der Waals surface area contributed by atoms with Crippen molar-refractivity contribution in [2.45, 2.75) is 26.2 Å². The Labute approximate surface area is 143 Å². The molecule has 7 nitrogen and oxygen atoms in total. The largest absolute Gasteiger partial charge is 0.305 e. The lowest BCUT2D eigenvalue weighted by atomic mass is 10.1. The summed E-state index contributed by atoms with van der Waals surface area (Å²) in [5.74, 6) is 0.0397. The number of hydrogen-bond donors (Lipinski definition) is 1. The molecule has 0 saturated heterocycles. The molecule has 3 heterocycles. The van der Waals surface area contributed by atoms with Gasteiger partial charge in [0.05, 0.1) is 5.01 Å². The fourth-order valence-electron chi connectivity index (χ4n) is 2.28. The molecule has 0 bridgehead atoms. The first kappa shape index (κ1) is 16.3. The predicted octanol–water partition coefficient (Wildman–Crippen LogP) is 1.98. The molecule has 0 atom stereocenters. The van der Waals surface area contributed by atoms with Crippen molar-refractivity contribution in [1.82, 2.24) is 15.0 Å². The van der Waals surface area contributed by atoms with Gasteiger partial charge in [-0.3, -0.25) is 9.59 Å². The average Bonchev–Trinajstić information content (AvgIpc) is 2.97. The van der Waals surface area contributed by atoms with Gasteiger partial charge in [0.25, 0.3) is 5.91 Å². The van der Waals surface area contributed by atoms with Crippen LogP contribution in [0.4, 0.5) is 5.82 Å². The molecule has 0 aliphatic carbocycles. The van der Waals surface area contributed by atoms with E-state index in [-0.39, 0.29) is 11.8 Å². The molecule has 0 radical (unpaired) electrons. The molecule has 2 aromatic rings. The van der Waals surface area contributed by atoms with Gasteiger partial charge in [0.2, 0.25) is 5.91 Å². The van der Waals surface area contributed by atoms with E-state index in [1.165, 1.54) is 9.89 Å². The molecule has 2 aromatic heterocycles.